The van der Waals surface area contributed by atoms with Crippen molar-refractivity contribution >= 4 is 29.2 Å². The molecule has 0 fully saturated rings. The van der Waals surface area contributed by atoms with E-state index in [0.29, 0.717) is 11.6 Å². The molecule has 0 unspecified atom stereocenters. The van der Waals surface area contributed by atoms with Gasteiger partial charge in [-0.15, -0.1) is 0 Å². The Morgan fingerprint density at radius 3 is 2.29 bits per heavy atom. The second-order valence-electron chi connectivity index (χ2n) is 7.22. The van der Waals surface area contributed by atoms with Crippen molar-refractivity contribution in [3.05, 3.63) is 72.1 Å². The van der Waals surface area contributed by atoms with Gasteiger partial charge < -0.3 is 15.2 Å². The van der Waals surface area contributed by atoms with Crippen LogP contribution in [0.5, 0.6) is 5.75 Å². The smallest absolute Gasteiger partial charge is 0.420 e. The minimum absolute atomic E-state index is 0.103. The van der Waals surface area contributed by atoms with E-state index in [1.807, 2.05) is 5.32 Å². The van der Waals surface area contributed by atoms with Crippen LogP contribution in [-0.2, 0) is 11.0 Å². The molecule has 0 aliphatic carbocycles. The number of halogens is 3. The van der Waals surface area contributed by atoms with Crippen LogP contribution in [0.4, 0.5) is 29.3 Å². The highest BCUT2D eigenvalue weighted by Gasteiger charge is 2.36. The van der Waals surface area contributed by atoms with Gasteiger partial charge in [0.2, 0.25) is 5.91 Å². The normalized spacial score (nSPS) is 11.0. The Morgan fingerprint density at radius 1 is 0.971 bits per heavy atom. The topological polar surface area (TPSA) is 118 Å². The Labute approximate surface area is 197 Å². The first-order valence-electron chi connectivity index (χ1n) is 10.3. The number of nitrogens with one attached hydrogen (secondary N) is 2. The van der Waals surface area contributed by atoms with Crippen LogP contribution in [0.15, 0.2) is 60.9 Å². The van der Waals surface area contributed by atoms with Crippen LogP contribution in [0.3, 0.4) is 0 Å². The molecule has 1 heterocycles. The first-order valence-corrected chi connectivity index (χ1v) is 10.3. The number of benzene rings is 2. The second kappa shape index (κ2) is 10.7. The van der Waals surface area contributed by atoms with E-state index >= 15 is 0 Å². The van der Waals surface area contributed by atoms with Gasteiger partial charge in [0.05, 0.1) is 30.0 Å². The summed E-state index contributed by atoms with van der Waals surface area (Å²) in [6, 6.07) is 11.4. The largest absolute Gasteiger partial charge is 0.493 e. The number of hydrogen-bond acceptors (Lipinski definition) is 5. The lowest BCUT2D eigenvalue weighted by Gasteiger charge is -2.18. The van der Waals surface area contributed by atoms with Gasteiger partial charge in [-0.2, -0.15) is 13.2 Å². The summed E-state index contributed by atoms with van der Waals surface area (Å²) in [7, 11) is 0. The summed E-state index contributed by atoms with van der Waals surface area (Å²) in [5.74, 6) is -2.10. The fourth-order valence-corrected chi connectivity index (χ4v) is 3.26. The monoisotopic (exact) mass is 487 g/mol. The Kier molecular flexibility index (Phi) is 7.69. The molecule has 0 atom stereocenters. The summed E-state index contributed by atoms with van der Waals surface area (Å²) in [4.78, 5) is 40.3. The number of pyridine rings is 1. The van der Waals surface area contributed by atoms with E-state index < -0.39 is 47.4 Å². The molecule has 8 nitrogen and oxygen atoms in total. The highest BCUT2D eigenvalue weighted by molar-refractivity contribution is 6.12. The van der Waals surface area contributed by atoms with E-state index in [-0.39, 0.29) is 17.9 Å². The van der Waals surface area contributed by atoms with Gasteiger partial charge in [0, 0.05) is 24.0 Å². The highest BCUT2D eigenvalue weighted by Crippen LogP contribution is 2.41. The van der Waals surface area contributed by atoms with Crippen molar-refractivity contribution in [3.63, 3.8) is 0 Å². The summed E-state index contributed by atoms with van der Waals surface area (Å²) in [5, 5.41) is 13.2. The highest BCUT2D eigenvalue weighted by atomic mass is 19.4. The van der Waals surface area contributed by atoms with Crippen LogP contribution in [0, 0.1) is 0 Å². The van der Waals surface area contributed by atoms with E-state index in [0.717, 1.165) is 11.6 Å². The van der Waals surface area contributed by atoms with Crippen LogP contribution in [0.1, 0.15) is 29.3 Å². The van der Waals surface area contributed by atoms with Crippen molar-refractivity contribution in [3.8, 4) is 16.9 Å². The molecule has 0 aliphatic heterocycles. The molecule has 11 heteroatoms. The summed E-state index contributed by atoms with van der Waals surface area (Å²) >= 11 is 0. The van der Waals surface area contributed by atoms with Crippen molar-refractivity contribution < 1.29 is 37.4 Å². The van der Waals surface area contributed by atoms with E-state index in [9.17, 15) is 27.6 Å². The van der Waals surface area contributed by atoms with Crippen LogP contribution < -0.4 is 15.4 Å². The number of Topliss-reactive ketones (excluding diaryl/α,β-unsaturated/α-hetero) is 1. The van der Waals surface area contributed by atoms with E-state index in [1.54, 1.807) is 42.7 Å². The zero-order chi connectivity index (χ0) is 25.6. The maximum atomic E-state index is 13.5. The van der Waals surface area contributed by atoms with Gasteiger partial charge in [-0.05, 0) is 42.3 Å². The summed E-state index contributed by atoms with van der Waals surface area (Å²) in [5.41, 5.74) is -0.269. The van der Waals surface area contributed by atoms with Gasteiger partial charge in [0.25, 0.3) is 0 Å². The van der Waals surface area contributed by atoms with Gasteiger partial charge in [0.1, 0.15) is 5.75 Å². The molecule has 0 saturated carbocycles. The SMILES string of the molecule is CCOc1cc(NC(=O)O)c(NC(=O)CC(=O)c2cccc(-c3ccncc3)c2)cc1C(F)(F)F. The van der Waals surface area contributed by atoms with Crippen LogP contribution >= 0.6 is 0 Å². The third kappa shape index (κ3) is 6.56. The van der Waals surface area contributed by atoms with Gasteiger partial charge in [-0.1, -0.05) is 18.2 Å². The molecule has 1 aromatic heterocycles. The molecule has 0 saturated heterocycles. The maximum absolute atomic E-state index is 13.5. The first-order chi connectivity index (χ1) is 16.6. The number of nitrogens with zero attached hydrogens (tertiary/aromatic N) is 1. The predicted octanol–water partition coefficient (Wildman–Crippen LogP) is 5.47. The number of ketones is 1. The summed E-state index contributed by atoms with van der Waals surface area (Å²) < 4.78 is 45.5. The molecule has 2 aromatic carbocycles. The van der Waals surface area contributed by atoms with Gasteiger partial charge in [-0.3, -0.25) is 19.9 Å². The Hall–Kier alpha value is -4.41. The van der Waals surface area contributed by atoms with Gasteiger partial charge >= 0.3 is 12.3 Å². The van der Waals surface area contributed by atoms with Gasteiger partial charge in [-0.25, -0.2) is 4.79 Å². The van der Waals surface area contributed by atoms with Crippen molar-refractivity contribution in [2.75, 3.05) is 17.2 Å². The third-order valence-electron chi connectivity index (χ3n) is 4.76. The van der Waals surface area contributed by atoms with Crippen LogP contribution in [-0.4, -0.2) is 34.5 Å². The number of aromatic nitrogens is 1. The molecule has 35 heavy (non-hydrogen) atoms. The number of carboxylic acid groups (broad SMARTS) is 1. The van der Waals surface area contributed by atoms with E-state index in [4.69, 9.17) is 9.84 Å². The fourth-order valence-electron chi connectivity index (χ4n) is 3.26. The quantitative estimate of drug-likeness (QED) is 0.287. The van der Waals surface area contributed by atoms with Gasteiger partial charge in [0.15, 0.2) is 5.78 Å². The standard InChI is InChI=1S/C24H20F3N3O5/c1-2-35-21-12-19(30-23(33)34)18(11-17(21)24(25,26)27)29-22(32)13-20(31)16-5-3-4-15(10-16)14-6-8-28-9-7-14/h3-12,30H,2,13H2,1H3,(H,29,32)(H,33,34). The molecule has 3 aromatic rings. The van der Waals surface area contributed by atoms with Crippen LogP contribution in [0.25, 0.3) is 11.1 Å². The number of anilines is 2. The number of ether oxygens (including phenoxy) is 1. The Bertz CT molecular complexity index is 1250. The van der Waals surface area contributed by atoms with Crippen molar-refractivity contribution in [2.45, 2.75) is 19.5 Å². The molecule has 182 valence electrons. The molecular formula is C24H20F3N3O5. The minimum atomic E-state index is -4.84. The van der Waals surface area contributed by atoms with Crippen molar-refractivity contribution in [1.82, 2.24) is 4.98 Å². The molecule has 0 aliphatic rings. The average Bonchev–Trinajstić information content (AvgIpc) is 2.80. The predicted molar refractivity (Wildman–Crippen MR) is 122 cm³/mol. The Morgan fingerprint density at radius 2 is 1.66 bits per heavy atom. The molecular weight excluding hydrogens is 467 g/mol. The fraction of sp³-hybridized carbons (Fsp3) is 0.167. The number of alkyl halides is 3. The zero-order valence-electron chi connectivity index (χ0n) is 18.3. The molecule has 0 radical (unpaired) electrons. The lowest BCUT2D eigenvalue weighted by atomic mass is 10.0. The first kappa shape index (κ1) is 25.2. The number of carbonyl (C=O) groups excluding carboxylic acids is 2. The number of amides is 2. The van der Waals surface area contributed by atoms with Crippen molar-refractivity contribution in [2.24, 2.45) is 0 Å². The third-order valence-corrected chi connectivity index (χ3v) is 4.76. The zero-order valence-corrected chi connectivity index (χ0v) is 18.3. The van der Waals surface area contributed by atoms with E-state index in [1.165, 1.54) is 13.0 Å². The number of carbonyl (C=O) groups is 3. The van der Waals surface area contributed by atoms with Crippen molar-refractivity contribution in [1.29, 1.82) is 0 Å². The maximum Gasteiger partial charge on any atom is 0.420 e. The molecule has 3 rings (SSSR count). The lowest BCUT2D eigenvalue weighted by Crippen LogP contribution is -2.20. The summed E-state index contributed by atoms with van der Waals surface area (Å²) in [6.45, 7) is 1.36. The molecule has 2 amide bonds. The lowest BCUT2D eigenvalue weighted by molar-refractivity contribution is -0.138. The molecule has 3 N–H and O–H groups in total. The number of hydrogen-bond donors (Lipinski definition) is 3. The molecule has 0 spiro atoms. The summed E-state index contributed by atoms with van der Waals surface area (Å²) in [6.07, 6.45) is -3.90. The number of rotatable bonds is 8. The average molecular weight is 487 g/mol. The van der Waals surface area contributed by atoms with E-state index in [2.05, 4.69) is 10.3 Å². The van der Waals surface area contributed by atoms with Crippen LogP contribution in [0.2, 0.25) is 0 Å². The molecule has 0 bridgehead atoms. The Balaban J connectivity index is 1.85. The second-order valence-corrected chi connectivity index (χ2v) is 7.22. The minimum Gasteiger partial charge on any atom is -0.493 e.